The van der Waals surface area contributed by atoms with Crippen molar-refractivity contribution in [3.63, 3.8) is 0 Å². The highest BCUT2D eigenvalue weighted by atomic mass is 79.9. The standard InChI is InChI=1S/C22H19BrCl2N2O3S/c1-14-6-9-17(10-7-14)31(29,30)27(20-5-3-4-19(24)22(20)25)13-21(28)26-16-8-11-18(23)15(2)12-16/h3-12H,13H2,1-2H3,(H,26,28). The topological polar surface area (TPSA) is 66.5 Å². The maximum atomic E-state index is 13.4. The first-order valence-corrected chi connectivity index (χ1v) is 12.2. The Morgan fingerprint density at radius 1 is 1.03 bits per heavy atom. The van der Waals surface area contributed by atoms with Crippen LogP contribution in [0.2, 0.25) is 10.0 Å². The molecule has 3 aromatic carbocycles. The van der Waals surface area contributed by atoms with Crippen LogP contribution in [0.3, 0.4) is 0 Å². The molecule has 0 aliphatic heterocycles. The molecule has 31 heavy (non-hydrogen) atoms. The fourth-order valence-electron chi connectivity index (χ4n) is 2.88. The number of benzene rings is 3. The molecule has 0 unspecified atom stereocenters. The lowest BCUT2D eigenvalue weighted by Gasteiger charge is -2.25. The SMILES string of the molecule is Cc1ccc(S(=O)(=O)N(CC(=O)Nc2ccc(Br)c(C)c2)c2cccc(Cl)c2Cl)cc1. The number of nitrogens with one attached hydrogen (secondary N) is 1. The third-order valence-electron chi connectivity index (χ3n) is 4.54. The number of sulfonamides is 1. The van der Waals surface area contributed by atoms with E-state index in [0.717, 1.165) is 19.9 Å². The second-order valence-corrected chi connectivity index (χ2v) is 10.4. The van der Waals surface area contributed by atoms with E-state index in [9.17, 15) is 13.2 Å². The van der Waals surface area contributed by atoms with Crippen LogP contribution in [0.1, 0.15) is 11.1 Å². The fraction of sp³-hybridized carbons (Fsp3) is 0.136. The van der Waals surface area contributed by atoms with Gasteiger partial charge in [-0.2, -0.15) is 0 Å². The van der Waals surface area contributed by atoms with Crippen molar-refractivity contribution in [2.24, 2.45) is 0 Å². The zero-order chi connectivity index (χ0) is 22.8. The maximum Gasteiger partial charge on any atom is 0.264 e. The second kappa shape index (κ2) is 9.61. The van der Waals surface area contributed by atoms with Crippen molar-refractivity contribution in [1.82, 2.24) is 0 Å². The summed E-state index contributed by atoms with van der Waals surface area (Å²) >= 11 is 15.8. The lowest BCUT2D eigenvalue weighted by Crippen LogP contribution is -2.38. The molecule has 162 valence electrons. The van der Waals surface area contributed by atoms with Crippen molar-refractivity contribution in [1.29, 1.82) is 0 Å². The van der Waals surface area contributed by atoms with E-state index in [0.29, 0.717) is 5.69 Å². The molecule has 0 atom stereocenters. The van der Waals surface area contributed by atoms with E-state index in [1.165, 1.54) is 18.2 Å². The fourth-order valence-corrected chi connectivity index (χ4v) is 5.00. The van der Waals surface area contributed by atoms with Gasteiger partial charge in [-0.3, -0.25) is 9.10 Å². The first-order valence-electron chi connectivity index (χ1n) is 9.19. The van der Waals surface area contributed by atoms with Gasteiger partial charge in [0.1, 0.15) is 6.54 Å². The predicted octanol–water partition coefficient (Wildman–Crippen LogP) is 6.21. The summed E-state index contributed by atoms with van der Waals surface area (Å²) < 4.78 is 28.7. The Hall–Kier alpha value is -2.06. The van der Waals surface area contributed by atoms with E-state index in [4.69, 9.17) is 23.2 Å². The monoisotopic (exact) mass is 540 g/mol. The Morgan fingerprint density at radius 2 is 1.71 bits per heavy atom. The molecule has 0 saturated carbocycles. The van der Waals surface area contributed by atoms with Gasteiger partial charge in [0.25, 0.3) is 10.0 Å². The molecule has 1 N–H and O–H groups in total. The normalized spacial score (nSPS) is 11.3. The predicted molar refractivity (Wildman–Crippen MR) is 130 cm³/mol. The largest absolute Gasteiger partial charge is 0.325 e. The molecule has 5 nitrogen and oxygen atoms in total. The summed E-state index contributed by atoms with van der Waals surface area (Å²) in [4.78, 5) is 12.9. The quantitative estimate of drug-likeness (QED) is 0.403. The molecule has 0 spiro atoms. The number of amides is 1. The number of hydrogen-bond donors (Lipinski definition) is 1. The van der Waals surface area contributed by atoms with E-state index >= 15 is 0 Å². The van der Waals surface area contributed by atoms with E-state index in [1.807, 2.05) is 13.8 Å². The van der Waals surface area contributed by atoms with Gasteiger partial charge in [-0.15, -0.1) is 0 Å². The van der Waals surface area contributed by atoms with Crippen molar-refractivity contribution in [2.45, 2.75) is 18.7 Å². The van der Waals surface area contributed by atoms with Crippen LogP contribution in [0.25, 0.3) is 0 Å². The average Bonchev–Trinajstić information content (AvgIpc) is 2.71. The molecule has 0 heterocycles. The minimum absolute atomic E-state index is 0.0430. The Labute approximate surface area is 200 Å². The van der Waals surface area contributed by atoms with E-state index in [-0.39, 0.29) is 20.6 Å². The molecule has 3 rings (SSSR count). The van der Waals surface area contributed by atoms with Gasteiger partial charge in [0.15, 0.2) is 0 Å². The van der Waals surface area contributed by atoms with E-state index in [2.05, 4.69) is 21.2 Å². The van der Waals surface area contributed by atoms with Gasteiger partial charge in [0.2, 0.25) is 5.91 Å². The van der Waals surface area contributed by atoms with Crippen LogP contribution in [-0.2, 0) is 14.8 Å². The highest BCUT2D eigenvalue weighted by Gasteiger charge is 2.29. The Morgan fingerprint density at radius 3 is 2.35 bits per heavy atom. The van der Waals surface area contributed by atoms with Crippen molar-refractivity contribution >= 4 is 66.4 Å². The molecule has 1 amide bonds. The number of carbonyl (C=O) groups is 1. The van der Waals surface area contributed by atoms with Gasteiger partial charge in [-0.05, 0) is 61.9 Å². The first kappa shape index (κ1) is 23.6. The zero-order valence-corrected chi connectivity index (χ0v) is 20.6. The van der Waals surface area contributed by atoms with Crippen molar-refractivity contribution in [2.75, 3.05) is 16.2 Å². The van der Waals surface area contributed by atoms with Gasteiger partial charge in [0.05, 0.1) is 20.6 Å². The molecule has 0 aromatic heterocycles. The summed E-state index contributed by atoms with van der Waals surface area (Å²) in [6.07, 6.45) is 0. The van der Waals surface area contributed by atoms with Crippen LogP contribution >= 0.6 is 39.1 Å². The maximum absolute atomic E-state index is 13.4. The molecule has 0 bridgehead atoms. The average molecular weight is 542 g/mol. The minimum atomic E-state index is -4.09. The number of carbonyl (C=O) groups excluding carboxylic acids is 1. The molecule has 0 aliphatic carbocycles. The Kier molecular flexibility index (Phi) is 7.31. The van der Waals surface area contributed by atoms with Crippen LogP contribution in [0.4, 0.5) is 11.4 Å². The number of halogens is 3. The molecule has 9 heteroatoms. The molecule has 3 aromatic rings. The molecule has 0 aliphatic rings. The molecule has 0 radical (unpaired) electrons. The van der Waals surface area contributed by atoms with Crippen LogP contribution < -0.4 is 9.62 Å². The summed E-state index contributed by atoms with van der Waals surface area (Å²) in [7, 11) is -4.09. The van der Waals surface area contributed by atoms with E-state index < -0.39 is 22.5 Å². The molecular weight excluding hydrogens is 523 g/mol. The van der Waals surface area contributed by atoms with Crippen LogP contribution in [0, 0.1) is 13.8 Å². The number of rotatable bonds is 6. The van der Waals surface area contributed by atoms with E-state index in [1.54, 1.807) is 42.5 Å². The van der Waals surface area contributed by atoms with Gasteiger partial charge in [-0.25, -0.2) is 8.42 Å². The third kappa shape index (κ3) is 5.41. The second-order valence-electron chi connectivity index (χ2n) is 6.91. The smallest absolute Gasteiger partial charge is 0.264 e. The van der Waals surface area contributed by atoms with Gasteiger partial charge in [-0.1, -0.05) is 62.9 Å². The first-order chi connectivity index (χ1) is 14.6. The van der Waals surface area contributed by atoms with Crippen molar-refractivity contribution < 1.29 is 13.2 Å². The summed E-state index contributed by atoms with van der Waals surface area (Å²) in [6.45, 7) is 3.26. The van der Waals surface area contributed by atoms with Crippen molar-refractivity contribution in [3.05, 3.63) is 86.3 Å². The van der Waals surface area contributed by atoms with Gasteiger partial charge in [0, 0.05) is 10.2 Å². The minimum Gasteiger partial charge on any atom is -0.325 e. The number of nitrogens with zero attached hydrogens (tertiary/aromatic N) is 1. The number of hydrogen-bond acceptors (Lipinski definition) is 3. The van der Waals surface area contributed by atoms with Crippen LogP contribution in [0.5, 0.6) is 0 Å². The van der Waals surface area contributed by atoms with Crippen LogP contribution in [0.15, 0.2) is 70.0 Å². The molecule has 0 saturated heterocycles. The lowest BCUT2D eigenvalue weighted by atomic mass is 10.2. The third-order valence-corrected chi connectivity index (χ3v) is 8.01. The lowest BCUT2D eigenvalue weighted by molar-refractivity contribution is -0.114. The molecular formula is C22H19BrCl2N2O3S. The Balaban J connectivity index is 1.99. The number of anilines is 2. The van der Waals surface area contributed by atoms with Gasteiger partial charge >= 0.3 is 0 Å². The van der Waals surface area contributed by atoms with Crippen LogP contribution in [-0.4, -0.2) is 20.9 Å². The summed E-state index contributed by atoms with van der Waals surface area (Å²) in [5, 5.41) is 2.97. The zero-order valence-electron chi connectivity index (χ0n) is 16.7. The molecule has 0 fully saturated rings. The highest BCUT2D eigenvalue weighted by molar-refractivity contribution is 9.10. The summed E-state index contributed by atoms with van der Waals surface area (Å²) in [5.41, 5.74) is 2.52. The highest BCUT2D eigenvalue weighted by Crippen LogP contribution is 2.35. The summed E-state index contributed by atoms with van der Waals surface area (Å²) in [5.74, 6) is -0.520. The summed E-state index contributed by atoms with van der Waals surface area (Å²) in [6, 6.07) is 16.3. The Bertz CT molecular complexity index is 1230. The van der Waals surface area contributed by atoms with Crippen molar-refractivity contribution in [3.8, 4) is 0 Å². The number of aryl methyl sites for hydroxylation is 2. The van der Waals surface area contributed by atoms with Gasteiger partial charge < -0.3 is 5.32 Å².